The van der Waals surface area contributed by atoms with Crippen molar-refractivity contribution in [2.75, 3.05) is 0 Å². The van der Waals surface area contributed by atoms with Crippen LogP contribution in [0, 0.1) is 0 Å². The Morgan fingerprint density at radius 2 is 1.81 bits per heavy atom. The molecule has 0 spiro atoms. The van der Waals surface area contributed by atoms with Crippen LogP contribution < -0.4 is 0 Å². The molecule has 2 heteroatoms. The number of hydrogen-bond acceptors (Lipinski definition) is 2. The Kier molecular flexibility index (Phi) is 2.57. The maximum Gasteiger partial charge on any atom is 0.165 e. The summed E-state index contributed by atoms with van der Waals surface area (Å²) in [5.41, 5.74) is 0.973. The number of phenols is 2. The summed E-state index contributed by atoms with van der Waals surface area (Å²) in [6.07, 6.45) is 1.82. The second-order valence-corrected chi connectivity index (χ2v) is 3.90. The second-order valence-electron chi connectivity index (χ2n) is 3.90. The van der Waals surface area contributed by atoms with E-state index in [4.69, 9.17) is 0 Å². The van der Waals surface area contributed by atoms with E-state index in [1.807, 2.05) is 31.2 Å². The summed E-state index contributed by atoms with van der Waals surface area (Å²) in [6.45, 7) is 5.76. The van der Waals surface area contributed by atoms with Gasteiger partial charge in [-0.25, -0.2) is 0 Å². The molecule has 0 aliphatic carbocycles. The number of fused-ring (bicyclic) bond motifs is 1. The molecule has 2 aromatic rings. The average Bonchev–Trinajstić information content (AvgIpc) is 2.33. The Morgan fingerprint density at radius 3 is 2.44 bits per heavy atom. The van der Waals surface area contributed by atoms with Crippen molar-refractivity contribution in [3.8, 4) is 11.5 Å². The van der Waals surface area contributed by atoms with Crippen LogP contribution in [-0.4, -0.2) is 10.2 Å². The van der Waals surface area contributed by atoms with Crippen LogP contribution in [0.15, 0.2) is 43.0 Å². The lowest BCUT2D eigenvalue weighted by Crippen LogP contribution is -1.91. The summed E-state index contributed by atoms with van der Waals surface area (Å²) in [6, 6.07) is 9.08. The number of phenolic OH excluding ortho intramolecular Hbond substituents is 2. The number of benzene rings is 2. The molecule has 2 rings (SSSR count). The maximum atomic E-state index is 9.76. The highest BCUT2D eigenvalue weighted by atomic mass is 16.3. The highest BCUT2D eigenvalue weighted by Gasteiger charge is 2.12. The van der Waals surface area contributed by atoms with Crippen molar-refractivity contribution in [1.82, 2.24) is 0 Å². The van der Waals surface area contributed by atoms with Gasteiger partial charge in [0.1, 0.15) is 0 Å². The Morgan fingerprint density at radius 1 is 1.19 bits per heavy atom. The molecule has 0 saturated heterocycles. The molecule has 2 N–H and O–H groups in total. The van der Waals surface area contributed by atoms with Crippen LogP contribution in [0.1, 0.15) is 18.4 Å². The summed E-state index contributed by atoms with van der Waals surface area (Å²) >= 11 is 0. The molecule has 0 aliphatic rings. The Labute approximate surface area is 94.5 Å². The first-order valence-electron chi connectivity index (χ1n) is 5.21. The average molecular weight is 214 g/mol. The summed E-state index contributed by atoms with van der Waals surface area (Å²) in [5.74, 6) is -0.00517. The quantitative estimate of drug-likeness (QED) is 0.593. The van der Waals surface area contributed by atoms with Crippen molar-refractivity contribution < 1.29 is 10.2 Å². The SMILES string of the molecule is C=CC(C)c1cc(O)c(O)c2ccccc12. The predicted molar refractivity (Wildman–Crippen MR) is 65.9 cm³/mol. The standard InChI is InChI=1S/C14H14O2/c1-3-9(2)12-8-13(15)14(16)11-7-5-4-6-10(11)12/h3-9,15-16H,1H2,2H3. The third-order valence-corrected chi connectivity index (χ3v) is 2.87. The number of allylic oxidation sites excluding steroid dienone is 1. The topological polar surface area (TPSA) is 40.5 Å². The molecular weight excluding hydrogens is 200 g/mol. The molecule has 0 heterocycles. The molecule has 2 aromatic carbocycles. The lowest BCUT2D eigenvalue weighted by molar-refractivity contribution is 0.407. The van der Waals surface area contributed by atoms with E-state index in [1.165, 1.54) is 0 Å². The molecular formula is C14H14O2. The Hall–Kier alpha value is -1.96. The van der Waals surface area contributed by atoms with Crippen LogP contribution in [0.4, 0.5) is 0 Å². The molecule has 16 heavy (non-hydrogen) atoms. The van der Waals surface area contributed by atoms with Crippen molar-refractivity contribution >= 4 is 10.8 Å². The van der Waals surface area contributed by atoms with Gasteiger partial charge in [0.25, 0.3) is 0 Å². The van der Waals surface area contributed by atoms with Gasteiger partial charge in [0.05, 0.1) is 0 Å². The summed E-state index contributed by atoms with van der Waals surface area (Å²) in [4.78, 5) is 0. The molecule has 0 amide bonds. The number of hydrogen-bond donors (Lipinski definition) is 2. The van der Waals surface area contributed by atoms with Crippen LogP contribution in [0.2, 0.25) is 0 Å². The van der Waals surface area contributed by atoms with E-state index in [-0.39, 0.29) is 17.4 Å². The minimum absolute atomic E-state index is 0.0596. The first kappa shape index (κ1) is 10.6. The number of aromatic hydroxyl groups is 2. The van der Waals surface area contributed by atoms with Crippen LogP contribution in [0.3, 0.4) is 0 Å². The van der Waals surface area contributed by atoms with Gasteiger partial charge < -0.3 is 10.2 Å². The molecule has 82 valence electrons. The van der Waals surface area contributed by atoms with Gasteiger partial charge in [-0.15, -0.1) is 6.58 Å². The van der Waals surface area contributed by atoms with Crippen LogP contribution in [-0.2, 0) is 0 Å². The van der Waals surface area contributed by atoms with E-state index in [9.17, 15) is 10.2 Å². The highest BCUT2D eigenvalue weighted by molar-refractivity contribution is 5.93. The Bertz CT molecular complexity index is 544. The zero-order valence-corrected chi connectivity index (χ0v) is 9.14. The minimum Gasteiger partial charge on any atom is -0.504 e. The smallest absolute Gasteiger partial charge is 0.165 e. The van der Waals surface area contributed by atoms with E-state index in [0.29, 0.717) is 5.39 Å². The predicted octanol–water partition coefficient (Wildman–Crippen LogP) is 3.54. The van der Waals surface area contributed by atoms with E-state index < -0.39 is 0 Å². The van der Waals surface area contributed by atoms with Gasteiger partial charge in [0, 0.05) is 5.39 Å². The van der Waals surface area contributed by atoms with Crippen molar-refractivity contribution in [3.05, 3.63) is 48.6 Å². The van der Waals surface area contributed by atoms with Crippen molar-refractivity contribution in [3.63, 3.8) is 0 Å². The van der Waals surface area contributed by atoms with Gasteiger partial charge in [-0.1, -0.05) is 37.3 Å². The van der Waals surface area contributed by atoms with Crippen LogP contribution in [0.25, 0.3) is 10.8 Å². The molecule has 1 unspecified atom stereocenters. The fourth-order valence-corrected chi connectivity index (χ4v) is 1.88. The molecule has 0 aliphatic heterocycles. The van der Waals surface area contributed by atoms with Crippen molar-refractivity contribution in [2.24, 2.45) is 0 Å². The third kappa shape index (κ3) is 1.52. The number of rotatable bonds is 2. The van der Waals surface area contributed by atoms with E-state index in [1.54, 1.807) is 12.1 Å². The monoisotopic (exact) mass is 214 g/mol. The van der Waals surface area contributed by atoms with Gasteiger partial charge in [0.15, 0.2) is 11.5 Å². The summed E-state index contributed by atoms with van der Waals surface area (Å²) in [5, 5.41) is 21.0. The molecule has 0 radical (unpaired) electrons. The molecule has 0 aromatic heterocycles. The lowest BCUT2D eigenvalue weighted by atomic mass is 9.94. The fourth-order valence-electron chi connectivity index (χ4n) is 1.88. The molecule has 0 bridgehead atoms. The molecule has 0 fully saturated rings. The minimum atomic E-state index is -0.0811. The molecule has 0 saturated carbocycles. The van der Waals surface area contributed by atoms with Gasteiger partial charge >= 0.3 is 0 Å². The molecule has 2 nitrogen and oxygen atoms in total. The normalized spacial score (nSPS) is 12.6. The van der Waals surface area contributed by atoms with E-state index >= 15 is 0 Å². The van der Waals surface area contributed by atoms with Crippen molar-refractivity contribution in [2.45, 2.75) is 12.8 Å². The lowest BCUT2D eigenvalue weighted by Gasteiger charge is -2.13. The van der Waals surface area contributed by atoms with Gasteiger partial charge in [-0.2, -0.15) is 0 Å². The van der Waals surface area contributed by atoms with Crippen LogP contribution in [0.5, 0.6) is 11.5 Å². The first-order chi connectivity index (χ1) is 7.65. The van der Waals surface area contributed by atoms with Crippen molar-refractivity contribution in [1.29, 1.82) is 0 Å². The van der Waals surface area contributed by atoms with E-state index in [2.05, 4.69) is 6.58 Å². The summed E-state index contributed by atoms with van der Waals surface area (Å²) in [7, 11) is 0. The van der Waals surface area contributed by atoms with Gasteiger partial charge in [-0.3, -0.25) is 0 Å². The first-order valence-corrected chi connectivity index (χ1v) is 5.21. The fraction of sp³-hybridized carbons (Fsp3) is 0.143. The van der Waals surface area contributed by atoms with Gasteiger partial charge in [0.2, 0.25) is 0 Å². The maximum absolute atomic E-state index is 9.76. The summed E-state index contributed by atoms with van der Waals surface area (Å²) < 4.78 is 0. The van der Waals surface area contributed by atoms with Crippen LogP contribution >= 0.6 is 0 Å². The second kappa shape index (κ2) is 3.89. The van der Waals surface area contributed by atoms with Gasteiger partial charge in [-0.05, 0) is 22.9 Å². The highest BCUT2D eigenvalue weighted by Crippen LogP contribution is 2.38. The largest absolute Gasteiger partial charge is 0.504 e. The zero-order valence-electron chi connectivity index (χ0n) is 9.14. The third-order valence-electron chi connectivity index (χ3n) is 2.87. The molecule has 1 atom stereocenters. The van der Waals surface area contributed by atoms with E-state index in [0.717, 1.165) is 10.9 Å². The zero-order chi connectivity index (χ0) is 11.7. The Balaban J connectivity index is 2.84.